The number of thioether (sulfide) groups is 1. The van der Waals surface area contributed by atoms with Gasteiger partial charge in [-0.1, -0.05) is 12.1 Å². The molecule has 1 N–H and O–H groups in total. The third-order valence-electron chi connectivity index (χ3n) is 5.44. The molecule has 6 heteroatoms. The normalized spacial score (nSPS) is 26.8. The standard InChI is InChI=1S/C20H24N2O2S2/c1-21-10-4-5-15(21)8-11-22-16-6-2-3-7-17(16)26-19(18(23)20(22)24)14-9-12-25-13-14/h2-3,6-7,9,12-13,15,18-19,23H,4-5,8,10-11H2,1H3/t15?,18-,19+/m1/s1. The molecule has 4 nitrogen and oxygen atoms in total. The van der Waals surface area contributed by atoms with Crippen LogP contribution in [0.4, 0.5) is 5.69 Å². The van der Waals surface area contributed by atoms with Crippen LogP contribution < -0.4 is 4.90 Å². The van der Waals surface area contributed by atoms with Crippen molar-refractivity contribution < 1.29 is 9.90 Å². The van der Waals surface area contributed by atoms with Gasteiger partial charge in [-0.15, -0.1) is 11.8 Å². The molecule has 2 aliphatic rings. The lowest BCUT2D eigenvalue weighted by Gasteiger charge is -2.27. The number of likely N-dealkylation sites (tertiary alicyclic amines) is 1. The minimum atomic E-state index is -1.02. The monoisotopic (exact) mass is 388 g/mol. The Morgan fingerprint density at radius 3 is 2.85 bits per heavy atom. The summed E-state index contributed by atoms with van der Waals surface area (Å²) in [6.07, 6.45) is 2.33. The number of thiophene rings is 1. The van der Waals surface area contributed by atoms with Gasteiger partial charge in [-0.3, -0.25) is 4.79 Å². The second-order valence-corrected chi connectivity index (χ2v) is 9.03. The average Bonchev–Trinajstić information content (AvgIpc) is 3.30. The molecule has 1 unspecified atom stereocenters. The van der Waals surface area contributed by atoms with Crippen LogP contribution in [0.1, 0.15) is 30.1 Å². The SMILES string of the molecule is CN1CCCC1CCN1C(=O)[C@H](O)[C@H](c2ccsc2)Sc2ccccc21. The Balaban J connectivity index is 1.62. The van der Waals surface area contributed by atoms with Crippen molar-refractivity contribution in [3.63, 3.8) is 0 Å². The van der Waals surface area contributed by atoms with E-state index in [-0.39, 0.29) is 11.2 Å². The molecule has 0 saturated carbocycles. The van der Waals surface area contributed by atoms with Gasteiger partial charge in [0, 0.05) is 17.5 Å². The second-order valence-electron chi connectivity index (χ2n) is 7.06. The first-order chi connectivity index (χ1) is 12.6. The Morgan fingerprint density at radius 2 is 2.12 bits per heavy atom. The molecule has 0 spiro atoms. The van der Waals surface area contributed by atoms with Gasteiger partial charge in [0.25, 0.3) is 5.91 Å². The third kappa shape index (κ3) is 3.43. The first-order valence-electron chi connectivity index (χ1n) is 9.12. The number of amides is 1. The fourth-order valence-electron chi connectivity index (χ4n) is 3.93. The van der Waals surface area contributed by atoms with Crippen LogP contribution in [0.15, 0.2) is 46.0 Å². The first kappa shape index (κ1) is 18.0. The minimum Gasteiger partial charge on any atom is -0.382 e. The Bertz CT molecular complexity index is 765. The molecule has 2 aliphatic heterocycles. The molecule has 1 aromatic heterocycles. The van der Waals surface area contributed by atoms with E-state index in [1.807, 2.05) is 39.9 Å². The van der Waals surface area contributed by atoms with E-state index in [1.54, 1.807) is 23.1 Å². The molecule has 3 heterocycles. The average molecular weight is 389 g/mol. The van der Waals surface area contributed by atoms with Crippen LogP contribution in [-0.2, 0) is 4.79 Å². The van der Waals surface area contributed by atoms with Crippen molar-refractivity contribution in [2.75, 3.05) is 25.0 Å². The Kier molecular flexibility index (Phi) is 5.36. The number of carbonyl (C=O) groups excluding carboxylic acids is 1. The molecule has 1 aromatic carbocycles. The number of nitrogens with zero attached hydrogens (tertiary/aromatic N) is 2. The topological polar surface area (TPSA) is 43.8 Å². The van der Waals surface area contributed by atoms with E-state index in [0.717, 1.165) is 29.1 Å². The lowest BCUT2D eigenvalue weighted by atomic mass is 10.1. The zero-order chi connectivity index (χ0) is 18.1. The molecular formula is C20H24N2O2S2. The van der Waals surface area contributed by atoms with Gasteiger partial charge in [-0.25, -0.2) is 0 Å². The van der Waals surface area contributed by atoms with Crippen molar-refractivity contribution in [3.8, 4) is 0 Å². The van der Waals surface area contributed by atoms with Gasteiger partial charge in [0.15, 0.2) is 0 Å². The molecule has 26 heavy (non-hydrogen) atoms. The quantitative estimate of drug-likeness (QED) is 0.866. The molecule has 0 aliphatic carbocycles. The van der Waals surface area contributed by atoms with Crippen LogP contribution in [0, 0.1) is 0 Å². The number of aliphatic hydroxyl groups excluding tert-OH is 1. The van der Waals surface area contributed by atoms with E-state index in [0.29, 0.717) is 12.6 Å². The molecule has 138 valence electrons. The van der Waals surface area contributed by atoms with Crippen LogP contribution in [0.3, 0.4) is 0 Å². The van der Waals surface area contributed by atoms with Crippen molar-refractivity contribution >= 4 is 34.7 Å². The number of fused-ring (bicyclic) bond motifs is 1. The summed E-state index contributed by atoms with van der Waals surface area (Å²) in [7, 11) is 2.16. The van der Waals surface area contributed by atoms with E-state index < -0.39 is 6.10 Å². The number of para-hydroxylation sites is 1. The van der Waals surface area contributed by atoms with E-state index in [2.05, 4.69) is 18.0 Å². The molecule has 3 atom stereocenters. The Labute approximate surface area is 162 Å². The highest BCUT2D eigenvalue weighted by Crippen LogP contribution is 2.46. The van der Waals surface area contributed by atoms with Gasteiger partial charge in [0.2, 0.25) is 0 Å². The van der Waals surface area contributed by atoms with E-state index in [1.165, 1.54) is 12.8 Å². The van der Waals surface area contributed by atoms with E-state index >= 15 is 0 Å². The summed E-state index contributed by atoms with van der Waals surface area (Å²) in [5.74, 6) is -0.181. The van der Waals surface area contributed by atoms with Gasteiger partial charge in [-0.05, 0) is 67.4 Å². The fourth-order valence-corrected chi connectivity index (χ4v) is 5.97. The zero-order valence-electron chi connectivity index (χ0n) is 14.9. The zero-order valence-corrected chi connectivity index (χ0v) is 16.5. The molecule has 1 amide bonds. The van der Waals surface area contributed by atoms with Gasteiger partial charge in [0.05, 0.1) is 10.9 Å². The largest absolute Gasteiger partial charge is 0.382 e. The van der Waals surface area contributed by atoms with Crippen molar-refractivity contribution in [1.82, 2.24) is 4.90 Å². The van der Waals surface area contributed by atoms with Gasteiger partial charge in [-0.2, -0.15) is 11.3 Å². The Hall–Kier alpha value is -1.34. The van der Waals surface area contributed by atoms with Crippen LogP contribution in [0.2, 0.25) is 0 Å². The molecular weight excluding hydrogens is 364 g/mol. The van der Waals surface area contributed by atoms with Gasteiger partial charge in [0.1, 0.15) is 6.10 Å². The van der Waals surface area contributed by atoms with E-state index in [9.17, 15) is 9.90 Å². The summed E-state index contributed by atoms with van der Waals surface area (Å²) in [5, 5.41) is 14.6. The lowest BCUT2D eigenvalue weighted by Crippen LogP contribution is -2.42. The van der Waals surface area contributed by atoms with Crippen LogP contribution >= 0.6 is 23.1 Å². The van der Waals surface area contributed by atoms with Crippen molar-refractivity contribution in [1.29, 1.82) is 0 Å². The highest BCUT2D eigenvalue weighted by atomic mass is 32.2. The van der Waals surface area contributed by atoms with Crippen molar-refractivity contribution in [3.05, 3.63) is 46.7 Å². The number of aliphatic hydroxyl groups is 1. The maximum atomic E-state index is 13.2. The van der Waals surface area contributed by atoms with Crippen LogP contribution in [-0.4, -0.2) is 48.2 Å². The van der Waals surface area contributed by atoms with E-state index in [4.69, 9.17) is 0 Å². The number of benzene rings is 1. The minimum absolute atomic E-state index is 0.181. The number of hydrogen-bond acceptors (Lipinski definition) is 5. The number of anilines is 1. The van der Waals surface area contributed by atoms with Crippen LogP contribution in [0.5, 0.6) is 0 Å². The van der Waals surface area contributed by atoms with Crippen molar-refractivity contribution in [2.45, 2.75) is 41.6 Å². The number of carbonyl (C=O) groups is 1. The number of hydrogen-bond donors (Lipinski definition) is 1. The summed E-state index contributed by atoms with van der Waals surface area (Å²) in [6, 6.07) is 10.6. The summed E-state index contributed by atoms with van der Waals surface area (Å²) in [4.78, 5) is 18.4. The highest BCUT2D eigenvalue weighted by molar-refractivity contribution is 7.99. The molecule has 1 fully saturated rings. The summed E-state index contributed by atoms with van der Waals surface area (Å²) in [6.45, 7) is 1.78. The predicted octanol–water partition coefficient (Wildman–Crippen LogP) is 3.77. The maximum Gasteiger partial charge on any atom is 0.257 e. The fraction of sp³-hybridized carbons (Fsp3) is 0.450. The smallest absolute Gasteiger partial charge is 0.257 e. The molecule has 2 aromatic rings. The predicted molar refractivity (Wildman–Crippen MR) is 108 cm³/mol. The Morgan fingerprint density at radius 1 is 1.27 bits per heavy atom. The van der Waals surface area contributed by atoms with Gasteiger partial charge < -0.3 is 14.9 Å². The van der Waals surface area contributed by atoms with Gasteiger partial charge >= 0.3 is 0 Å². The summed E-state index contributed by atoms with van der Waals surface area (Å²) in [5.41, 5.74) is 1.95. The molecule has 4 rings (SSSR count). The second kappa shape index (κ2) is 7.72. The first-order valence-corrected chi connectivity index (χ1v) is 10.9. The summed E-state index contributed by atoms with van der Waals surface area (Å²) >= 11 is 3.19. The molecule has 0 bridgehead atoms. The lowest BCUT2D eigenvalue weighted by molar-refractivity contribution is -0.126. The summed E-state index contributed by atoms with van der Waals surface area (Å²) < 4.78 is 0. The highest BCUT2D eigenvalue weighted by Gasteiger charge is 2.37. The molecule has 0 radical (unpaired) electrons. The molecule has 1 saturated heterocycles. The van der Waals surface area contributed by atoms with Crippen LogP contribution in [0.25, 0.3) is 0 Å². The van der Waals surface area contributed by atoms with Crippen molar-refractivity contribution in [2.24, 2.45) is 0 Å². The number of rotatable bonds is 4. The third-order valence-corrected chi connectivity index (χ3v) is 7.53. The maximum absolute atomic E-state index is 13.2.